The third-order valence-corrected chi connectivity index (χ3v) is 1.75. The van der Waals surface area contributed by atoms with Gasteiger partial charge in [-0.25, -0.2) is 4.98 Å². The average molecular weight is 243 g/mol. The second-order valence-electron chi connectivity index (χ2n) is 2.21. The predicted molar refractivity (Wildman–Crippen MR) is 40.7 cm³/mol. The zero-order valence-corrected chi connectivity index (χ0v) is 7.75. The van der Waals surface area contributed by atoms with Crippen LogP contribution in [0.3, 0.4) is 0 Å². The number of imidazole rings is 1. The number of aromatic nitrogens is 2. The smallest absolute Gasteiger partial charge is 0.336 e. The first-order chi connectivity index (χ1) is 5.45. The van der Waals surface area contributed by atoms with E-state index in [-0.39, 0.29) is 16.8 Å². The number of H-pyrrole nitrogens is 1. The van der Waals surface area contributed by atoms with Gasteiger partial charge in [-0.1, -0.05) is 6.92 Å². The Bertz CT molecular complexity index is 279. The fourth-order valence-electron chi connectivity index (χ4n) is 0.868. The SMILES string of the molecule is CCc1[nH]c(Br)nc1C(F)(F)F. The summed E-state index contributed by atoms with van der Waals surface area (Å²) in [4.78, 5) is 5.78. The van der Waals surface area contributed by atoms with Gasteiger partial charge >= 0.3 is 6.18 Å². The van der Waals surface area contributed by atoms with Crippen molar-refractivity contribution in [2.24, 2.45) is 0 Å². The van der Waals surface area contributed by atoms with E-state index in [1.807, 2.05) is 0 Å². The largest absolute Gasteiger partial charge is 0.435 e. The van der Waals surface area contributed by atoms with Crippen LogP contribution >= 0.6 is 15.9 Å². The van der Waals surface area contributed by atoms with Crippen LogP contribution in [0.5, 0.6) is 0 Å². The molecular formula is C6H6BrF3N2. The van der Waals surface area contributed by atoms with E-state index >= 15 is 0 Å². The number of aromatic amines is 1. The molecule has 0 bridgehead atoms. The number of rotatable bonds is 1. The van der Waals surface area contributed by atoms with Crippen LogP contribution in [0.25, 0.3) is 0 Å². The highest BCUT2D eigenvalue weighted by molar-refractivity contribution is 9.10. The predicted octanol–water partition coefficient (Wildman–Crippen LogP) is 2.75. The van der Waals surface area contributed by atoms with E-state index in [4.69, 9.17) is 0 Å². The quantitative estimate of drug-likeness (QED) is 0.807. The molecule has 0 aliphatic rings. The minimum absolute atomic E-state index is 0.106. The summed E-state index contributed by atoms with van der Waals surface area (Å²) in [6.45, 7) is 1.63. The normalized spacial score (nSPS) is 12.1. The zero-order chi connectivity index (χ0) is 9.35. The molecule has 0 aliphatic heterocycles. The van der Waals surface area contributed by atoms with E-state index in [0.717, 1.165) is 0 Å². The van der Waals surface area contributed by atoms with Crippen molar-refractivity contribution in [3.05, 3.63) is 16.1 Å². The number of alkyl halides is 3. The summed E-state index contributed by atoms with van der Waals surface area (Å²) in [5.41, 5.74) is -0.730. The Morgan fingerprint density at radius 1 is 1.50 bits per heavy atom. The van der Waals surface area contributed by atoms with Crippen molar-refractivity contribution in [1.29, 1.82) is 0 Å². The van der Waals surface area contributed by atoms with E-state index in [0.29, 0.717) is 0 Å². The van der Waals surface area contributed by atoms with E-state index < -0.39 is 11.9 Å². The van der Waals surface area contributed by atoms with Crippen LogP contribution < -0.4 is 0 Å². The Morgan fingerprint density at radius 3 is 2.42 bits per heavy atom. The Balaban J connectivity index is 3.13. The number of hydrogen-bond donors (Lipinski definition) is 1. The second-order valence-corrected chi connectivity index (χ2v) is 2.96. The summed E-state index contributed by atoms with van der Waals surface area (Å²) >= 11 is 2.85. The first kappa shape index (κ1) is 9.57. The molecule has 68 valence electrons. The fourth-order valence-corrected chi connectivity index (χ4v) is 1.28. The molecule has 1 N–H and O–H groups in total. The number of aryl methyl sites for hydroxylation is 1. The lowest BCUT2D eigenvalue weighted by molar-refractivity contribution is -0.141. The van der Waals surface area contributed by atoms with Gasteiger partial charge in [-0.15, -0.1) is 0 Å². The molecule has 12 heavy (non-hydrogen) atoms. The highest BCUT2D eigenvalue weighted by Gasteiger charge is 2.36. The minimum Gasteiger partial charge on any atom is -0.336 e. The van der Waals surface area contributed by atoms with Crippen molar-refractivity contribution in [2.45, 2.75) is 19.5 Å². The van der Waals surface area contributed by atoms with E-state index in [9.17, 15) is 13.2 Å². The Hall–Kier alpha value is -0.520. The first-order valence-corrected chi connectivity index (χ1v) is 4.06. The van der Waals surface area contributed by atoms with Crippen LogP contribution in [0.2, 0.25) is 0 Å². The minimum atomic E-state index is -4.37. The van der Waals surface area contributed by atoms with Crippen molar-refractivity contribution in [2.75, 3.05) is 0 Å². The Kier molecular flexibility index (Phi) is 2.46. The van der Waals surface area contributed by atoms with Gasteiger partial charge in [-0.05, 0) is 22.4 Å². The molecule has 0 saturated heterocycles. The average Bonchev–Trinajstić information content (AvgIpc) is 2.29. The van der Waals surface area contributed by atoms with Gasteiger partial charge in [0.2, 0.25) is 0 Å². The van der Waals surface area contributed by atoms with Crippen LogP contribution in [-0.2, 0) is 12.6 Å². The van der Waals surface area contributed by atoms with Crippen LogP contribution in [0.1, 0.15) is 18.3 Å². The van der Waals surface area contributed by atoms with Crippen molar-refractivity contribution < 1.29 is 13.2 Å². The fraction of sp³-hybridized carbons (Fsp3) is 0.500. The third-order valence-electron chi connectivity index (χ3n) is 1.37. The van der Waals surface area contributed by atoms with Crippen LogP contribution in [0.4, 0.5) is 13.2 Å². The molecule has 1 rings (SSSR count). The third kappa shape index (κ3) is 1.80. The molecule has 1 aromatic rings. The maximum atomic E-state index is 12.1. The van der Waals surface area contributed by atoms with Gasteiger partial charge in [-0.2, -0.15) is 13.2 Å². The van der Waals surface area contributed by atoms with Crippen molar-refractivity contribution >= 4 is 15.9 Å². The molecule has 0 aliphatic carbocycles. The molecule has 0 radical (unpaired) electrons. The van der Waals surface area contributed by atoms with Gasteiger partial charge in [0.25, 0.3) is 0 Å². The van der Waals surface area contributed by atoms with E-state index in [1.54, 1.807) is 6.92 Å². The number of halogens is 4. The summed E-state index contributed by atoms with van der Waals surface area (Å²) in [6, 6.07) is 0. The maximum absolute atomic E-state index is 12.1. The van der Waals surface area contributed by atoms with Crippen LogP contribution in [0, 0.1) is 0 Å². The lowest BCUT2D eigenvalue weighted by atomic mass is 10.2. The molecule has 0 spiro atoms. The van der Waals surface area contributed by atoms with Crippen molar-refractivity contribution in [3.8, 4) is 0 Å². The number of hydrogen-bond acceptors (Lipinski definition) is 1. The van der Waals surface area contributed by atoms with Crippen LogP contribution in [-0.4, -0.2) is 9.97 Å². The molecule has 1 heterocycles. The molecule has 0 saturated carbocycles. The summed E-state index contributed by atoms with van der Waals surface area (Å²) < 4.78 is 36.6. The molecule has 0 fully saturated rings. The van der Waals surface area contributed by atoms with Gasteiger partial charge in [0.15, 0.2) is 10.4 Å². The topological polar surface area (TPSA) is 28.7 Å². The second kappa shape index (κ2) is 3.08. The highest BCUT2D eigenvalue weighted by Crippen LogP contribution is 2.31. The molecule has 1 aromatic heterocycles. The maximum Gasteiger partial charge on any atom is 0.435 e. The highest BCUT2D eigenvalue weighted by atomic mass is 79.9. The van der Waals surface area contributed by atoms with Crippen molar-refractivity contribution in [1.82, 2.24) is 9.97 Å². The number of nitrogens with one attached hydrogen (secondary N) is 1. The zero-order valence-electron chi connectivity index (χ0n) is 6.17. The van der Waals surface area contributed by atoms with Gasteiger partial charge in [-0.3, -0.25) is 0 Å². The molecular weight excluding hydrogens is 237 g/mol. The standard InChI is InChI=1S/C6H6BrF3N2/c1-2-3-4(6(8,9)10)12-5(7)11-3/h2H2,1H3,(H,11,12). The van der Waals surface area contributed by atoms with Crippen molar-refractivity contribution in [3.63, 3.8) is 0 Å². The summed E-state index contributed by atoms with van der Waals surface area (Å²) in [5, 5.41) is 0. The lowest BCUT2D eigenvalue weighted by Crippen LogP contribution is -2.08. The van der Waals surface area contributed by atoms with Crippen LogP contribution in [0.15, 0.2) is 4.73 Å². The summed E-state index contributed by atoms with van der Waals surface area (Å²) in [7, 11) is 0. The number of nitrogens with zero attached hydrogens (tertiary/aromatic N) is 1. The van der Waals surface area contributed by atoms with E-state index in [2.05, 4.69) is 25.9 Å². The Labute approximate surface area is 75.3 Å². The first-order valence-electron chi connectivity index (χ1n) is 3.26. The molecule has 0 atom stereocenters. The van der Waals surface area contributed by atoms with E-state index in [1.165, 1.54) is 0 Å². The monoisotopic (exact) mass is 242 g/mol. The molecule has 2 nitrogen and oxygen atoms in total. The van der Waals surface area contributed by atoms with Gasteiger partial charge in [0.05, 0.1) is 0 Å². The molecule has 0 unspecified atom stereocenters. The van der Waals surface area contributed by atoms with Gasteiger partial charge in [0.1, 0.15) is 0 Å². The Morgan fingerprint density at radius 2 is 2.08 bits per heavy atom. The van der Waals surface area contributed by atoms with Gasteiger partial charge in [0, 0.05) is 5.69 Å². The summed E-state index contributed by atoms with van der Waals surface area (Å²) in [5.74, 6) is 0. The molecule has 0 aromatic carbocycles. The van der Waals surface area contributed by atoms with Gasteiger partial charge < -0.3 is 4.98 Å². The summed E-state index contributed by atoms with van der Waals surface area (Å²) in [6.07, 6.45) is -4.08. The lowest BCUT2D eigenvalue weighted by Gasteiger charge is -2.03. The molecule has 0 amide bonds. The molecule has 6 heteroatoms.